The number of benzene rings is 2. The van der Waals surface area contributed by atoms with Crippen molar-refractivity contribution in [3.63, 3.8) is 0 Å². The van der Waals surface area contributed by atoms with Crippen LogP contribution in [-0.4, -0.2) is 22.9 Å². The van der Waals surface area contributed by atoms with Crippen molar-refractivity contribution in [1.29, 1.82) is 0 Å². The molecule has 0 unspecified atom stereocenters. The lowest BCUT2D eigenvalue weighted by Gasteiger charge is -2.42. The predicted molar refractivity (Wildman–Crippen MR) is 122 cm³/mol. The molecule has 1 saturated carbocycles. The minimum Gasteiger partial charge on any atom is -0.497 e. The van der Waals surface area contributed by atoms with E-state index in [0.29, 0.717) is 0 Å². The fraction of sp³-hybridized carbons (Fsp3) is 0.360. The highest BCUT2D eigenvalue weighted by Crippen LogP contribution is 2.48. The van der Waals surface area contributed by atoms with Crippen LogP contribution < -0.4 is 10.3 Å². The van der Waals surface area contributed by atoms with Crippen molar-refractivity contribution in [2.45, 2.75) is 49.1 Å². The molecule has 1 aromatic heterocycles. The van der Waals surface area contributed by atoms with Gasteiger partial charge < -0.3 is 4.74 Å². The van der Waals surface area contributed by atoms with Gasteiger partial charge in [0.05, 0.1) is 24.1 Å². The Bertz CT molecular complexity index is 1160. The van der Waals surface area contributed by atoms with Crippen molar-refractivity contribution in [1.82, 2.24) is 9.55 Å². The number of ether oxygens (including phenoxy) is 1. The Kier molecular flexibility index (Phi) is 4.94. The van der Waals surface area contributed by atoms with E-state index in [2.05, 4.69) is 24.3 Å². The Morgan fingerprint density at radius 2 is 1.87 bits per heavy atom. The number of nitrogens with zero attached hydrogens (tertiary/aromatic N) is 2. The Balaban J connectivity index is 1.83. The Morgan fingerprint density at radius 1 is 1.07 bits per heavy atom. The maximum absolute atomic E-state index is 14.1. The minimum atomic E-state index is -0.108. The second-order valence-corrected chi connectivity index (χ2v) is 9.11. The smallest absolute Gasteiger partial charge is 0.263 e. The topological polar surface area (TPSA) is 44.1 Å². The molecule has 4 nitrogen and oxygen atoms in total. The number of aromatic nitrogens is 2. The molecule has 5 rings (SSSR count). The van der Waals surface area contributed by atoms with Crippen LogP contribution in [0.15, 0.2) is 58.5 Å². The van der Waals surface area contributed by atoms with Gasteiger partial charge in [-0.2, -0.15) is 0 Å². The van der Waals surface area contributed by atoms with Gasteiger partial charge in [-0.15, -0.1) is 0 Å². The van der Waals surface area contributed by atoms with Crippen LogP contribution in [0.3, 0.4) is 0 Å². The quantitative estimate of drug-likeness (QED) is 0.423. The van der Waals surface area contributed by atoms with Crippen LogP contribution >= 0.6 is 11.8 Å². The summed E-state index contributed by atoms with van der Waals surface area (Å²) >= 11 is 1.51. The van der Waals surface area contributed by atoms with Gasteiger partial charge in [-0.25, -0.2) is 4.98 Å². The summed E-state index contributed by atoms with van der Waals surface area (Å²) in [4.78, 5) is 19.2. The Hall–Kier alpha value is -2.53. The normalized spacial score (nSPS) is 16.7. The molecule has 5 heteroatoms. The molecular formula is C25H26N2O2S. The van der Waals surface area contributed by atoms with Gasteiger partial charge in [0.1, 0.15) is 5.75 Å². The number of rotatable bonds is 3. The summed E-state index contributed by atoms with van der Waals surface area (Å²) in [6, 6.07) is 16.2. The third-order valence-electron chi connectivity index (χ3n) is 6.69. The van der Waals surface area contributed by atoms with Crippen molar-refractivity contribution in [2.75, 3.05) is 13.4 Å². The highest BCUT2D eigenvalue weighted by atomic mass is 32.2. The van der Waals surface area contributed by atoms with Gasteiger partial charge in [0.15, 0.2) is 5.16 Å². The highest BCUT2D eigenvalue weighted by Gasteiger charge is 2.43. The highest BCUT2D eigenvalue weighted by molar-refractivity contribution is 7.98. The molecule has 0 bridgehead atoms. The van der Waals surface area contributed by atoms with E-state index in [9.17, 15) is 4.79 Å². The zero-order valence-electron chi connectivity index (χ0n) is 17.5. The standard InChI is InChI=1S/C25H26N2O2S/c1-29-19-11-8-10-18(15-19)27-23(28)21-22(26-24(27)30-2)20-12-5-4-9-17(20)16-25(21)13-6-3-7-14-25/h4-5,8-12,15H,3,6-7,13-14,16H2,1-2H3. The summed E-state index contributed by atoms with van der Waals surface area (Å²) in [6.07, 6.45) is 8.62. The average Bonchev–Trinajstić information content (AvgIpc) is 2.79. The number of fused-ring (bicyclic) bond motifs is 4. The first-order chi connectivity index (χ1) is 14.7. The summed E-state index contributed by atoms with van der Waals surface area (Å²) in [5, 5.41) is 0.717. The van der Waals surface area contributed by atoms with Gasteiger partial charge >= 0.3 is 0 Å². The number of methoxy groups -OCH3 is 1. The molecule has 3 aromatic rings. The van der Waals surface area contributed by atoms with Crippen molar-refractivity contribution in [2.24, 2.45) is 0 Å². The SMILES string of the molecule is COc1cccc(-n2c(SC)nc3c(c2=O)C2(CCCCC2)Cc2ccccc2-3)c1. The number of hydrogen-bond donors (Lipinski definition) is 0. The minimum absolute atomic E-state index is 0.0778. The van der Waals surface area contributed by atoms with Crippen molar-refractivity contribution < 1.29 is 4.74 Å². The fourth-order valence-electron chi connectivity index (χ4n) is 5.30. The van der Waals surface area contributed by atoms with E-state index in [1.54, 1.807) is 11.7 Å². The lowest BCUT2D eigenvalue weighted by Crippen LogP contribution is -2.42. The molecule has 0 amide bonds. The van der Waals surface area contributed by atoms with Crippen LogP contribution in [0.2, 0.25) is 0 Å². The first-order valence-corrected chi connectivity index (χ1v) is 11.8. The van der Waals surface area contributed by atoms with Crippen LogP contribution in [0.1, 0.15) is 43.2 Å². The van der Waals surface area contributed by atoms with E-state index in [1.807, 2.05) is 30.5 Å². The average molecular weight is 419 g/mol. The molecule has 0 aliphatic heterocycles. The Morgan fingerprint density at radius 3 is 2.63 bits per heavy atom. The fourth-order valence-corrected chi connectivity index (χ4v) is 5.86. The maximum atomic E-state index is 14.1. The molecule has 2 aliphatic rings. The van der Waals surface area contributed by atoms with Gasteiger partial charge in [0.25, 0.3) is 5.56 Å². The van der Waals surface area contributed by atoms with Gasteiger partial charge in [-0.3, -0.25) is 9.36 Å². The van der Waals surface area contributed by atoms with Crippen LogP contribution in [-0.2, 0) is 11.8 Å². The predicted octanol–water partition coefficient (Wildman–Crippen LogP) is 5.39. The number of thioether (sulfide) groups is 1. The lowest BCUT2D eigenvalue weighted by atomic mass is 9.62. The third kappa shape index (κ3) is 2.99. The van der Waals surface area contributed by atoms with Crippen molar-refractivity contribution in [3.8, 4) is 22.7 Å². The van der Waals surface area contributed by atoms with E-state index < -0.39 is 0 Å². The van der Waals surface area contributed by atoms with E-state index in [4.69, 9.17) is 9.72 Å². The molecule has 0 N–H and O–H groups in total. The zero-order valence-corrected chi connectivity index (χ0v) is 18.3. The molecule has 2 aliphatic carbocycles. The van der Waals surface area contributed by atoms with E-state index in [1.165, 1.54) is 36.6 Å². The second kappa shape index (κ2) is 7.62. The zero-order chi connectivity index (χ0) is 20.7. The summed E-state index contributed by atoms with van der Waals surface area (Å²) in [6.45, 7) is 0. The molecule has 1 spiro atoms. The summed E-state index contributed by atoms with van der Waals surface area (Å²) in [5.74, 6) is 0.738. The molecule has 0 saturated heterocycles. The van der Waals surface area contributed by atoms with Crippen LogP contribution in [0.25, 0.3) is 16.9 Å². The van der Waals surface area contributed by atoms with Gasteiger partial charge in [0.2, 0.25) is 0 Å². The third-order valence-corrected chi connectivity index (χ3v) is 7.33. The molecular weight excluding hydrogens is 392 g/mol. The monoisotopic (exact) mass is 418 g/mol. The first-order valence-electron chi connectivity index (χ1n) is 10.6. The number of hydrogen-bond acceptors (Lipinski definition) is 4. The molecule has 1 heterocycles. The van der Waals surface area contributed by atoms with E-state index in [0.717, 1.165) is 52.7 Å². The second-order valence-electron chi connectivity index (χ2n) is 8.34. The molecule has 2 aromatic carbocycles. The Labute approximate surface area is 181 Å². The maximum Gasteiger partial charge on any atom is 0.263 e. The van der Waals surface area contributed by atoms with Crippen LogP contribution in [0.4, 0.5) is 0 Å². The summed E-state index contributed by atoms with van der Waals surface area (Å²) in [7, 11) is 1.65. The summed E-state index contributed by atoms with van der Waals surface area (Å²) < 4.78 is 7.20. The molecule has 30 heavy (non-hydrogen) atoms. The van der Waals surface area contributed by atoms with Gasteiger partial charge in [0, 0.05) is 17.0 Å². The van der Waals surface area contributed by atoms with E-state index >= 15 is 0 Å². The summed E-state index contributed by atoms with van der Waals surface area (Å²) in [5.41, 5.74) is 5.04. The van der Waals surface area contributed by atoms with Gasteiger partial charge in [-0.1, -0.05) is 61.4 Å². The van der Waals surface area contributed by atoms with Crippen LogP contribution in [0, 0.1) is 0 Å². The molecule has 154 valence electrons. The van der Waals surface area contributed by atoms with Crippen LogP contribution in [0.5, 0.6) is 5.75 Å². The van der Waals surface area contributed by atoms with Crippen molar-refractivity contribution >= 4 is 11.8 Å². The van der Waals surface area contributed by atoms with Crippen molar-refractivity contribution in [3.05, 3.63) is 70.0 Å². The van der Waals surface area contributed by atoms with E-state index in [-0.39, 0.29) is 11.0 Å². The lowest BCUT2D eigenvalue weighted by molar-refractivity contribution is 0.283. The first kappa shape index (κ1) is 19.4. The molecule has 0 atom stereocenters. The van der Waals surface area contributed by atoms with Gasteiger partial charge in [-0.05, 0) is 43.2 Å². The molecule has 1 fully saturated rings. The largest absolute Gasteiger partial charge is 0.497 e. The molecule has 0 radical (unpaired) electrons.